The van der Waals surface area contributed by atoms with Gasteiger partial charge in [0, 0.05) is 5.56 Å². The molecule has 2 aromatic carbocycles. The Morgan fingerprint density at radius 3 is 2.58 bits per heavy atom. The minimum atomic E-state index is -4.49. The van der Waals surface area contributed by atoms with Crippen LogP contribution >= 0.6 is 11.6 Å². The third kappa shape index (κ3) is 5.38. The van der Waals surface area contributed by atoms with Gasteiger partial charge in [-0.05, 0) is 37.3 Å². The molecule has 0 unspecified atom stereocenters. The summed E-state index contributed by atoms with van der Waals surface area (Å²) in [4.78, 5) is 15.0. The van der Waals surface area contributed by atoms with Crippen molar-refractivity contribution in [2.24, 2.45) is 5.16 Å². The van der Waals surface area contributed by atoms with Crippen LogP contribution in [0.3, 0.4) is 0 Å². The number of ether oxygens (including phenoxy) is 1. The van der Waals surface area contributed by atoms with Crippen molar-refractivity contribution in [1.29, 1.82) is 0 Å². The Morgan fingerprint density at radius 2 is 1.96 bits per heavy atom. The fourth-order valence-electron chi connectivity index (χ4n) is 1.91. The zero-order valence-electron chi connectivity index (χ0n) is 13.4. The van der Waals surface area contributed by atoms with E-state index in [1.807, 2.05) is 0 Å². The molecule has 9 heteroatoms. The van der Waals surface area contributed by atoms with E-state index in [-0.39, 0.29) is 10.8 Å². The second-order valence-electron chi connectivity index (χ2n) is 5.12. The van der Waals surface area contributed by atoms with Crippen LogP contribution in [0.4, 0.5) is 13.2 Å². The summed E-state index contributed by atoms with van der Waals surface area (Å²) in [6, 6.07) is 9.27. The molecule has 0 saturated carbocycles. The number of carbonyl (C=O) groups is 1. The first-order chi connectivity index (χ1) is 12.2. The Kier molecular flexibility index (Phi) is 6.10. The van der Waals surface area contributed by atoms with Crippen LogP contribution in [0.1, 0.15) is 18.1 Å². The second kappa shape index (κ2) is 8.09. The molecule has 2 aromatic rings. The summed E-state index contributed by atoms with van der Waals surface area (Å²) >= 11 is 5.86. The van der Waals surface area contributed by atoms with Crippen LogP contribution in [0.2, 0.25) is 5.02 Å². The van der Waals surface area contributed by atoms with Crippen molar-refractivity contribution < 1.29 is 32.6 Å². The highest BCUT2D eigenvalue weighted by Gasteiger charge is 2.31. The molecule has 0 aliphatic carbocycles. The predicted molar refractivity (Wildman–Crippen MR) is 88.8 cm³/mol. The van der Waals surface area contributed by atoms with Crippen molar-refractivity contribution in [2.75, 3.05) is 6.61 Å². The molecule has 0 saturated heterocycles. The van der Waals surface area contributed by atoms with Gasteiger partial charge < -0.3 is 14.7 Å². The zero-order valence-corrected chi connectivity index (χ0v) is 14.1. The third-order valence-electron chi connectivity index (χ3n) is 3.13. The fourth-order valence-corrected chi connectivity index (χ4v) is 2.13. The van der Waals surface area contributed by atoms with Crippen LogP contribution in [0.5, 0.6) is 11.5 Å². The van der Waals surface area contributed by atoms with Gasteiger partial charge in [-0.2, -0.15) is 13.2 Å². The number of oxime groups is 1. The molecule has 0 fully saturated rings. The predicted octanol–water partition coefficient (Wildman–Crippen LogP) is 4.98. The van der Waals surface area contributed by atoms with E-state index in [1.54, 1.807) is 31.2 Å². The number of hydrogen-bond acceptors (Lipinski definition) is 4. The molecule has 2 rings (SSSR count). The molecule has 0 spiro atoms. The van der Waals surface area contributed by atoms with Crippen molar-refractivity contribution >= 4 is 23.3 Å². The molecular weight excluding hydrogens is 375 g/mol. The molecule has 1 N–H and O–H groups in total. The Balaban J connectivity index is 2.17. The summed E-state index contributed by atoms with van der Waals surface area (Å²) in [5.74, 6) is -0.777. The Labute approximate surface area is 151 Å². The first-order valence-electron chi connectivity index (χ1n) is 7.20. The number of rotatable bonds is 6. The van der Waals surface area contributed by atoms with Crippen molar-refractivity contribution in [2.45, 2.75) is 13.1 Å². The van der Waals surface area contributed by atoms with Crippen LogP contribution in [0.15, 0.2) is 47.6 Å². The number of carboxylic acid groups (broad SMARTS) is 1. The monoisotopic (exact) mass is 387 g/mol. The van der Waals surface area contributed by atoms with E-state index in [0.717, 1.165) is 18.2 Å². The molecule has 26 heavy (non-hydrogen) atoms. The summed E-state index contributed by atoms with van der Waals surface area (Å²) in [6.45, 7) is 1.03. The number of carboxylic acids is 1. The van der Waals surface area contributed by atoms with Crippen molar-refractivity contribution in [3.63, 3.8) is 0 Å². The van der Waals surface area contributed by atoms with Crippen LogP contribution in [0, 0.1) is 0 Å². The maximum absolute atomic E-state index is 12.7. The van der Waals surface area contributed by atoms with Gasteiger partial charge in [0.1, 0.15) is 11.5 Å². The van der Waals surface area contributed by atoms with Crippen molar-refractivity contribution in [3.05, 3.63) is 58.6 Å². The lowest BCUT2D eigenvalue weighted by Crippen LogP contribution is -2.05. The summed E-state index contributed by atoms with van der Waals surface area (Å²) in [7, 11) is 0. The molecule has 0 atom stereocenters. The summed E-state index contributed by atoms with van der Waals surface area (Å²) in [5.41, 5.74) is 0.105. The van der Waals surface area contributed by atoms with Gasteiger partial charge in [-0.3, -0.25) is 0 Å². The van der Waals surface area contributed by atoms with Gasteiger partial charge >= 0.3 is 12.1 Å². The number of hydrogen-bond donors (Lipinski definition) is 1. The normalized spacial score (nSPS) is 12.0. The molecule has 0 aromatic heterocycles. The van der Waals surface area contributed by atoms with E-state index in [9.17, 15) is 18.0 Å². The smallest absolute Gasteiger partial charge is 0.416 e. The van der Waals surface area contributed by atoms with E-state index < -0.39 is 24.3 Å². The topological polar surface area (TPSA) is 68.1 Å². The highest BCUT2D eigenvalue weighted by atomic mass is 35.5. The van der Waals surface area contributed by atoms with Gasteiger partial charge in [0.15, 0.2) is 0 Å². The van der Waals surface area contributed by atoms with Gasteiger partial charge in [0.2, 0.25) is 6.61 Å². The first-order valence-corrected chi connectivity index (χ1v) is 7.58. The van der Waals surface area contributed by atoms with Crippen molar-refractivity contribution in [3.8, 4) is 11.5 Å². The molecule has 0 aliphatic heterocycles. The molecule has 0 bridgehead atoms. The summed E-state index contributed by atoms with van der Waals surface area (Å²) in [5, 5.41) is 12.0. The van der Waals surface area contributed by atoms with Gasteiger partial charge in [-0.25, -0.2) is 4.79 Å². The van der Waals surface area contributed by atoms with E-state index in [4.69, 9.17) is 21.4 Å². The minimum absolute atomic E-state index is 0.0635. The summed E-state index contributed by atoms with van der Waals surface area (Å²) < 4.78 is 43.5. The SMILES string of the molecule is CC(=NOCC(=O)O)c1cccc(Oc2ccc(C(F)(F)F)cc2Cl)c1. The van der Waals surface area contributed by atoms with Gasteiger partial charge in [0.05, 0.1) is 16.3 Å². The molecular formula is C17H13ClF3NO4. The number of aliphatic carboxylic acids is 1. The van der Waals surface area contributed by atoms with E-state index in [2.05, 4.69) is 9.99 Å². The van der Waals surface area contributed by atoms with E-state index >= 15 is 0 Å². The largest absolute Gasteiger partial charge is 0.479 e. The Morgan fingerprint density at radius 1 is 1.23 bits per heavy atom. The minimum Gasteiger partial charge on any atom is -0.479 e. The Bertz CT molecular complexity index is 837. The molecule has 138 valence electrons. The summed E-state index contributed by atoms with van der Waals surface area (Å²) in [6.07, 6.45) is -4.49. The van der Waals surface area contributed by atoms with Gasteiger partial charge in [0.25, 0.3) is 0 Å². The van der Waals surface area contributed by atoms with Crippen molar-refractivity contribution in [1.82, 2.24) is 0 Å². The molecule has 0 radical (unpaired) electrons. The average Bonchev–Trinajstić information content (AvgIpc) is 2.55. The number of nitrogens with zero attached hydrogens (tertiary/aromatic N) is 1. The molecule has 0 heterocycles. The molecule has 5 nitrogen and oxygen atoms in total. The highest BCUT2D eigenvalue weighted by molar-refractivity contribution is 6.32. The first kappa shape index (κ1) is 19.6. The quantitative estimate of drug-likeness (QED) is 0.561. The maximum atomic E-state index is 12.7. The molecule has 0 aliphatic rings. The third-order valence-corrected chi connectivity index (χ3v) is 3.42. The average molecular weight is 388 g/mol. The zero-order chi connectivity index (χ0) is 19.3. The maximum Gasteiger partial charge on any atom is 0.416 e. The van der Waals surface area contributed by atoms with Crippen LogP contribution < -0.4 is 4.74 Å². The lowest BCUT2D eigenvalue weighted by Gasteiger charge is -2.12. The molecule has 0 amide bonds. The standard InChI is InChI=1S/C17H13ClF3NO4/c1-10(22-25-9-16(23)24)11-3-2-4-13(7-11)26-15-6-5-12(8-14(15)18)17(19,20)21/h2-8H,9H2,1H3,(H,23,24). The number of halogens is 4. The number of alkyl halides is 3. The Hall–Kier alpha value is -2.74. The van der Waals surface area contributed by atoms with Gasteiger partial charge in [-0.1, -0.05) is 28.9 Å². The number of benzene rings is 2. The van der Waals surface area contributed by atoms with Crippen LogP contribution in [0.25, 0.3) is 0 Å². The van der Waals surface area contributed by atoms with E-state index in [0.29, 0.717) is 17.0 Å². The lowest BCUT2D eigenvalue weighted by molar-refractivity contribution is -0.142. The van der Waals surface area contributed by atoms with Gasteiger partial charge in [-0.15, -0.1) is 0 Å². The van der Waals surface area contributed by atoms with Crippen LogP contribution in [-0.4, -0.2) is 23.4 Å². The second-order valence-corrected chi connectivity index (χ2v) is 5.52. The van der Waals surface area contributed by atoms with Crippen LogP contribution in [-0.2, 0) is 15.8 Å². The lowest BCUT2D eigenvalue weighted by atomic mass is 10.1. The highest BCUT2D eigenvalue weighted by Crippen LogP contribution is 2.36. The van der Waals surface area contributed by atoms with E-state index in [1.165, 1.54) is 0 Å². The fraction of sp³-hybridized carbons (Fsp3) is 0.176.